The Hall–Kier alpha value is -1.75. The van der Waals surface area contributed by atoms with Crippen LogP contribution in [0.4, 0.5) is 0 Å². The van der Waals surface area contributed by atoms with Gasteiger partial charge < -0.3 is 9.42 Å². The van der Waals surface area contributed by atoms with Gasteiger partial charge in [0.05, 0.1) is 12.1 Å². The average Bonchev–Trinajstić information content (AvgIpc) is 2.79. The highest BCUT2D eigenvalue weighted by atomic mass is 32.2. The Morgan fingerprint density at radius 3 is 2.48 bits per heavy atom. The predicted molar refractivity (Wildman–Crippen MR) is 84.4 cm³/mol. The van der Waals surface area contributed by atoms with Crippen LogP contribution in [0.25, 0.3) is 0 Å². The Balaban J connectivity index is 1.99. The lowest BCUT2D eigenvalue weighted by Gasteiger charge is -2.17. The van der Waals surface area contributed by atoms with Crippen molar-refractivity contribution in [3.05, 3.63) is 46.8 Å². The van der Waals surface area contributed by atoms with Gasteiger partial charge >= 0.3 is 0 Å². The first kappa shape index (κ1) is 15.6. The summed E-state index contributed by atoms with van der Waals surface area (Å²) in [4.78, 5) is 15.3. The minimum Gasteiger partial charge on any atom is -0.361 e. The Bertz CT molecular complexity index is 600. The normalized spacial score (nSPS) is 10.7. The fourth-order valence-electron chi connectivity index (χ4n) is 2.13. The van der Waals surface area contributed by atoms with Crippen molar-refractivity contribution in [3.63, 3.8) is 0 Å². The van der Waals surface area contributed by atoms with E-state index in [9.17, 15) is 4.79 Å². The summed E-state index contributed by atoms with van der Waals surface area (Å²) in [6.07, 6.45) is 2.38. The summed E-state index contributed by atoms with van der Waals surface area (Å²) in [7, 11) is 1.82. The van der Waals surface area contributed by atoms with Crippen LogP contribution in [-0.2, 0) is 17.8 Å². The third kappa shape index (κ3) is 3.88. The van der Waals surface area contributed by atoms with Gasteiger partial charge in [-0.1, -0.05) is 17.3 Å². The van der Waals surface area contributed by atoms with Gasteiger partial charge in [-0.25, -0.2) is 0 Å². The maximum absolute atomic E-state index is 12.3. The number of carbonyl (C=O) groups excluding carboxylic acids is 1. The molecule has 0 bridgehead atoms. The molecule has 112 valence electrons. The molecule has 5 heteroatoms. The monoisotopic (exact) mass is 304 g/mol. The minimum atomic E-state index is 0.0679. The fraction of sp³-hybridized carbons (Fsp3) is 0.375. The molecule has 2 aromatic rings. The summed E-state index contributed by atoms with van der Waals surface area (Å²) < 4.78 is 5.10. The van der Waals surface area contributed by atoms with Gasteiger partial charge in [0.1, 0.15) is 5.76 Å². The highest BCUT2D eigenvalue weighted by Gasteiger charge is 2.16. The molecule has 0 unspecified atom stereocenters. The maximum atomic E-state index is 12.3. The van der Waals surface area contributed by atoms with E-state index < -0.39 is 0 Å². The van der Waals surface area contributed by atoms with Crippen LogP contribution in [0.5, 0.6) is 0 Å². The van der Waals surface area contributed by atoms with Crippen LogP contribution >= 0.6 is 11.8 Å². The molecule has 1 amide bonds. The number of rotatable bonds is 5. The number of benzene rings is 1. The molecule has 1 aromatic carbocycles. The Morgan fingerprint density at radius 2 is 1.95 bits per heavy atom. The van der Waals surface area contributed by atoms with Crippen LogP contribution < -0.4 is 0 Å². The van der Waals surface area contributed by atoms with Crippen molar-refractivity contribution in [3.8, 4) is 0 Å². The van der Waals surface area contributed by atoms with E-state index in [0.29, 0.717) is 13.0 Å². The molecular weight excluding hydrogens is 284 g/mol. The van der Waals surface area contributed by atoms with Crippen LogP contribution in [-0.4, -0.2) is 29.3 Å². The first-order valence-corrected chi connectivity index (χ1v) is 8.02. The average molecular weight is 304 g/mol. The third-order valence-corrected chi connectivity index (χ3v) is 4.26. The number of hydrogen-bond donors (Lipinski definition) is 0. The zero-order chi connectivity index (χ0) is 15.4. The molecule has 1 aromatic heterocycles. The SMILES string of the molecule is CSc1ccc(CN(C)C(=O)Cc2c(C)noc2C)cc1. The highest BCUT2D eigenvalue weighted by Crippen LogP contribution is 2.17. The van der Waals surface area contributed by atoms with Crippen molar-refractivity contribution in [2.24, 2.45) is 0 Å². The molecule has 0 N–H and O–H groups in total. The molecular formula is C16H20N2O2S. The lowest BCUT2D eigenvalue weighted by molar-refractivity contribution is -0.129. The van der Waals surface area contributed by atoms with Crippen LogP contribution in [0.1, 0.15) is 22.6 Å². The van der Waals surface area contributed by atoms with Gasteiger partial charge in [0.15, 0.2) is 0 Å². The van der Waals surface area contributed by atoms with Crippen molar-refractivity contribution in [2.75, 3.05) is 13.3 Å². The minimum absolute atomic E-state index is 0.0679. The number of nitrogens with zero attached hydrogens (tertiary/aromatic N) is 2. The van der Waals surface area contributed by atoms with Crippen LogP contribution in [0.15, 0.2) is 33.7 Å². The van der Waals surface area contributed by atoms with E-state index in [-0.39, 0.29) is 5.91 Å². The summed E-state index contributed by atoms with van der Waals surface area (Å²) in [5.74, 6) is 0.789. The number of likely N-dealkylation sites (N-methyl/N-ethyl adjacent to an activating group) is 1. The second-order valence-corrected chi connectivity index (χ2v) is 5.96. The molecule has 0 saturated heterocycles. The topological polar surface area (TPSA) is 46.3 Å². The zero-order valence-electron chi connectivity index (χ0n) is 12.8. The van der Waals surface area contributed by atoms with E-state index in [0.717, 1.165) is 22.6 Å². The van der Waals surface area contributed by atoms with Gasteiger partial charge in [-0.3, -0.25) is 4.79 Å². The zero-order valence-corrected chi connectivity index (χ0v) is 13.7. The van der Waals surface area contributed by atoms with Crippen molar-refractivity contribution < 1.29 is 9.32 Å². The molecule has 4 nitrogen and oxygen atoms in total. The van der Waals surface area contributed by atoms with Gasteiger partial charge in [-0.2, -0.15) is 0 Å². The van der Waals surface area contributed by atoms with Crippen LogP contribution in [0.3, 0.4) is 0 Å². The van der Waals surface area contributed by atoms with E-state index >= 15 is 0 Å². The van der Waals surface area contributed by atoms with Crippen molar-refractivity contribution in [2.45, 2.75) is 31.7 Å². The lowest BCUT2D eigenvalue weighted by Crippen LogP contribution is -2.28. The molecule has 0 atom stereocenters. The Kier molecular flexibility index (Phi) is 5.07. The molecule has 0 radical (unpaired) electrons. The number of carbonyl (C=O) groups is 1. The van der Waals surface area contributed by atoms with Gasteiger partial charge in [0.25, 0.3) is 0 Å². The van der Waals surface area contributed by atoms with Gasteiger partial charge in [-0.15, -0.1) is 11.8 Å². The van der Waals surface area contributed by atoms with Crippen LogP contribution in [0, 0.1) is 13.8 Å². The van der Waals surface area contributed by atoms with Crippen molar-refractivity contribution >= 4 is 17.7 Å². The maximum Gasteiger partial charge on any atom is 0.227 e. The van der Waals surface area contributed by atoms with Crippen molar-refractivity contribution in [1.82, 2.24) is 10.1 Å². The summed E-state index contributed by atoms with van der Waals surface area (Å²) in [5, 5.41) is 3.88. The molecule has 0 aliphatic carbocycles. The van der Waals surface area contributed by atoms with Crippen LogP contribution in [0.2, 0.25) is 0 Å². The van der Waals surface area contributed by atoms with Gasteiger partial charge in [0, 0.05) is 24.1 Å². The molecule has 2 rings (SSSR count). The van der Waals surface area contributed by atoms with E-state index in [2.05, 4.69) is 29.4 Å². The molecule has 0 aliphatic rings. The number of hydrogen-bond acceptors (Lipinski definition) is 4. The summed E-state index contributed by atoms with van der Waals surface area (Å²) >= 11 is 1.71. The summed E-state index contributed by atoms with van der Waals surface area (Å²) in [6, 6.07) is 8.27. The summed E-state index contributed by atoms with van der Waals surface area (Å²) in [6.45, 7) is 4.31. The van der Waals surface area contributed by atoms with Gasteiger partial charge in [0.2, 0.25) is 5.91 Å². The smallest absolute Gasteiger partial charge is 0.227 e. The molecule has 1 heterocycles. The highest BCUT2D eigenvalue weighted by molar-refractivity contribution is 7.98. The fourth-order valence-corrected chi connectivity index (χ4v) is 2.54. The van der Waals surface area contributed by atoms with E-state index in [1.165, 1.54) is 4.90 Å². The molecule has 0 saturated carbocycles. The quantitative estimate of drug-likeness (QED) is 0.796. The number of aromatic nitrogens is 1. The third-order valence-electron chi connectivity index (χ3n) is 3.51. The van der Waals surface area contributed by atoms with E-state index in [1.807, 2.05) is 27.2 Å². The standard InChI is InChI=1S/C16H20N2O2S/c1-11-15(12(2)20-17-11)9-16(19)18(3)10-13-5-7-14(21-4)8-6-13/h5-8H,9-10H2,1-4H3. The lowest BCUT2D eigenvalue weighted by atomic mass is 10.1. The number of thioether (sulfide) groups is 1. The van der Waals surface area contributed by atoms with Gasteiger partial charge in [-0.05, 0) is 37.8 Å². The Morgan fingerprint density at radius 1 is 1.29 bits per heavy atom. The second kappa shape index (κ2) is 6.80. The van der Waals surface area contributed by atoms with E-state index in [1.54, 1.807) is 16.7 Å². The first-order valence-electron chi connectivity index (χ1n) is 6.80. The predicted octanol–water partition coefficient (Wildman–Crippen LogP) is 3.21. The van der Waals surface area contributed by atoms with E-state index in [4.69, 9.17) is 4.52 Å². The summed E-state index contributed by atoms with van der Waals surface area (Å²) in [5.41, 5.74) is 2.81. The number of amides is 1. The number of aryl methyl sites for hydroxylation is 2. The molecule has 21 heavy (non-hydrogen) atoms. The largest absolute Gasteiger partial charge is 0.361 e. The van der Waals surface area contributed by atoms with Crippen molar-refractivity contribution in [1.29, 1.82) is 0 Å². The molecule has 0 aliphatic heterocycles. The Labute approximate surface area is 129 Å². The second-order valence-electron chi connectivity index (χ2n) is 5.08. The molecule has 0 spiro atoms. The first-order chi connectivity index (χ1) is 10.0. The molecule has 0 fully saturated rings.